The van der Waals surface area contributed by atoms with Gasteiger partial charge in [-0.05, 0) is 42.9 Å². The van der Waals surface area contributed by atoms with Crippen molar-refractivity contribution in [2.24, 2.45) is 0 Å². The number of halogens is 1. The zero-order valence-electron chi connectivity index (χ0n) is 17.7. The second kappa shape index (κ2) is 8.85. The predicted octanol–water partition coefficient (Wildman–Crippen LogP) is 3.58. The van der Waals surface area contributed by atoms with Crippen LogP contribution in [0.25, 0.3) is 11.0 Å². The van der Waals surface area contributed by atoms with Crippen LogP contribution in [0, 0.1) is 5.82 Å². The maximum Gasteiger partial charge on any atom is 0.234 e. The minimum absolute atomic E-state index is 0.00411. The summed E-state index contributed by atoms with van der Waals surface area (Å²) in [5, 5.41) is 5.57. The number of hydrogen-bond acceptors (Lipinski definition) is 4. The highest BCUT2D eigenvalue weighted by Gasteiger charge is 2.31. The van der Waals surface area contributed by atoms with Gasteiger partial charge in [-0.2, -0.15) is 0 Å². The fraction of sp³-hybridized carbons (Fsp3) is 0.348. The van der Waals surface area contributed by atoms with Crippen LogP contribution in [-0.4, -0.2) is 45.9 Å². The van der Waals surface area contributed by atoms with E-state index in [0.29, 0.717) is 23.7 Å². The van der Waals surface area contributed by atoms with Crippen molar-refractivity contribution >= 4 is 34.5 Å². The number of carbonyl (C=O) groups is 2. The van der Waals surface area contributed by atoms with Crippen LogP contribution in [0.3, 0.4) is 0 Å². The monoisotopic (exact) mass is 423 g/mol. The SMILES string of the molecule is CCN(CC)CCn1c(NC(=O)[C@@H]2CC(=O)Nc3cc(F)ccc32)nc2ccccc21. The zero-order chi connectivity index (χ0) is 22.0. The van der Waals surface area contributed by atoms with Crippen molar-refractivity contribution in [3.8, 4) is 0 Å². The van der Waals surface area contributed by atoms with E-state index in [2.05, 4.69) is 34.4 Å². The third-order valence-electron chi connectivity index (χ3n) is 5.79. The van der Waals surface area contributed by atoms with Crippen molar-refractivity contribution in [3.63, 3.8) is 0 Å². The molecule has 31 heavy (non-hydrogen) atoms. The molecule has 0 bridgehead atoms. The van der Waals surface area contributed by atoms with E-state index in [0.717, 1.165) is 30.7 Å². The lowest BCUT2D eigenvalue weighted by Crippen LogP contribution is -2.32. The van der Waals surface area contributed by atoms with Gasteiger partial charge in [0.1, 0.15) is 5.82 Å². The lowest BCUT2D eigenvalue weighted by atomic mass is 9.90. The fourth-order valence-electron chi connectivity index (χ4n) is 4.05. The molecule has 1 aliphatic rings. The molecule has 0 radical (unpaired) electrons. The minimum Gasteiger partial charge on any atom is -0.326 e. The Balaban J connectivity index is 1.63. The van der Waals surface area contributed by atoms with E-state index in [1.54, 1.807) is 6.07 Å². The number of rotatable bonds is 7. The maximum absolute atomic E-state index is 13.6. The van der Waals surface area contributed by atoms with Crippen molar-refractivity contribution in [2.45, 2.75) is 32.7 Å². The average molecular weight is 423 g/mol. The Morgan fingerprint density at radius 1 is 1.26 bits per heavy atom. The van der Waals surface area contributed by atoms with Gasteiger partial charge >= 0.3 is 0 Å². The van der Waals surface area contributed by atoms with Gasteiger partial charge in [-0.3, -0.25) is 14.9 Å². The van der Waals surface area contributed by atoms with Gasteiger partial charge in [0.2, 0.25) is 17.8 Å². The number of para-hydroxylation sites is 2. The molecule has 2 aromatic carbocycles. The van der Waals surface area contributed by atoms with Crippen molar-refractivity contribution < 1.29 is 14.0 Å². The summed E-state index contributed by atoms with van der Waals surface area (Å²) < 4.78 is 15.6. The molecule has 3 aromatic rings. The summed E-state index contributed by atoms with van der Waals surface area (Å²) in [5.41, 5.74) is 2.67. The number of anilines is 2. The second-order valence-corrected chi connectivity index (χ2v) is 7.63. The molecule has 0 fully saturated rings. The number of imidazole rings is 1. The number of nitrogens with zero attached hydrogens (tertiary/aromatic N) is 3. The molecule has 0 unspecified atom stereocenters. The molecule has 2 amide bonds. The van der Waals surface area contributed by atoms with E-state index in [-0.39, 0.29) is 18.2 Å². The topological polar surface area (TPSA) is 79.3 Å². The Hall–Kier alpha value is -3.26. The maximum atomic E-state index is 13.6. The van der Waals surface area contributed by atoms with Crippen LogP contribution in [0.5, 0.6) is 0 Å². The van der Waals surface area contributed by atoms with Gasteiger partial charge in [0.25, 0.3) is 0 Å². The third kappa shape index (κ3) is 4.29. The molecule has 0 saturated carbocycles. The Morgan fingerprint density at radius 3 is 2.81 bits per heavy atom. The van der Waals surface area contributed by atoms with Gasteiger partial charge in [0, 0.05) is 25.2 Å². The fourth-order valence-corrected chi connectivity index (χ4v) is 4.05. The van der Waals surface area contributed by atoms with Gasteiger partial charge in [-0.1, -0.05) is 32.0 Å². The molecule has 8 heteroatoms. The number of amides is 2. The van der Waals surface area contributed by atoms with E-state index in [1.807, 2.05) is 28.8 Å². The standard InChI is InChI=1S/C23H26FN5O2/c1-3-28(4-2)11-12-29-20-8-6-5-7-18(20)26-23(29)27-22(31)17-14-21(30)25-19-13-15(24)9-10-16(17)19/h5-10,13,17H,3-4,11-12,14H2,1-2H3,(H,25,30)(H,26,27,31)/t17-/m1/s1. The summed E-state index contributed by atoms with van der Waals surface area (Å²) in [5.74, 6) is -1.36. The first kappa shape index (κ1) is 21.0. The predicted molar refractivity (Wildman–Crippen MR) is 119 cm³/mol. The van der Waals surface area contributed by atoms with Gasteiger partial charge in [-0.15, -0.1) is 0 Å². The number of nitrogens with one attached hydrogen (secondary N) is 2. The first-order valence-corrected chi connectivity index (χ1v) is 10.6. The molecule has 0 spiro atoms. The first-order valence-electron chi connectivity index (χ1n) is 10.6. The largest absolute Gasteiger partial charge is 0.326 e. The van der Waals surface area contributed by atoms with Crippen molar-refractivity contribution in [1.29, 1.82) is 0 Å². The summed E-state index contributed by atoms with van der Waals surface area (Å²) in [6.45, 7) is 7.61. The molecule has 2 heterocycles. The molecule has 7 nitrogen and oxygen atoms in total. The summed E-state index contributed by atoms with van der Waals surface area (Å²) in [6.07, 6.45) is 0.00411. The molecule has 1 aliphatic heterocycles. The van der Waals surface area contributed by atoms with Crippen molar-refractivity contribution in [3.05, 3.63) is 53.8 Å². The lowest BCUT2D eigenvalue weighted by molar-refractivity contribution is -0.123. The number of likely N-dealkylation sites (N-methyl/N-ethyl adjacent to an activating group) is 1. The molecule has 2 N–H and O–H groups in total. The smallest absolute Gasteiger partial charge is 0.234 e. The molecular formula is C23H26FN5O2. The van der Waals surface area contributed by atoms with Gasteiger partial charge < -0.3 is 14.8 Å². The number of carbonyl (C=O) groups excluding carboxylic acids is 2. The van der Waals surface area contributed by atoms with Crippen LogP contribution in [0.2, 0.25) is 0 Å². The van der Waals surface area contributed by atoms with E-state index in [9.17, 15) is 14.0 Å². The number of fused-ring (bicyclic) bond motifs is 2. The number of benzene rings is 2. The minimum atomic E-state index is -0.708. The third-order valence-corrected chi connectivity index (χ3v) is 5.79. The number of hydrogen-bond donors (Lipinski definition) is 2. The summed E-state index contributed by atoms with van der Waals surface area (Å²) in [6, 6.07) is 11.8. The molecular weight excluding hydrogens is 397 g/mol. The second-order valence-electron chi connectivity index (χ2n) is 7.63. The van der Waals surface area contributed by atoms with Crippen molar-refractivity contribution in [2.75, 3.05) is 30.3 Å². The van der Waals surface area contributed by atoms with Crippen LogP contribution in [-0.2, 0) is 16.1 Å². The Bertz CT molecular complexity index is 1120. The molecule has 4 rings (SSSR count). The van der Waals surface area contributed by atoms with Crippen LogP contribution in [0.1, 0.15) is 31.7 Å². The van der Waals surface area contributed by atoms with E-state index in [4.69, 9.17) is 0 Å². The summed E-state index contributed by atoms with van der Waals surface area (Å²) >= 11 is 0. The molecule has 0 aliphatic carbocycles. The first-order chi connectivity index (χ1) is 15.0. The zero-order valence-corrected chi connectivity index (χ0v) is 17.7. The number of aromatic nitrogens is 2. The molecule has 1 aromatic heterocycles. The highest BCUT2D eigenvalue weighted by Crippen LogP contribution is 2.33. The van der Waals surface area contributed by atoms with Crippen LogP contribution in [0.4, 0.5) is 16.0 Å². The van der Waals surface area contributed by atoms with E-state index >= 15 is 0 Å². The Morgan fingerprint density at radius 2 is 2.03 bits per heavy atom. The average Bonchev–Trinajstić information content (AvgIpc) is 3.10. The Labute approximate surface area is 180 Å². The van der Waals surface area contributed by atoms with E-state index < -0.39 is 11.7 Å². The quantitative estimate of drug-likeness (QED) is 0.609. The van der Waals surface area contributed by atoms with Gasteiger partial charge in [0.05, 0.1) is 17.0 Å². The van der Waals surface area contributed by atoms with E-state index in [1.165, 1.54) is 12.1 Å². The molecule has 1 atom stereocenters. The van der Waals surface area contributed by atoms with Crippen molar-refractivity contribution in [1.82, 2.24) is 14.5 Å². The Kier molecular flexibility index (Phi) is 5.99. The lowest BCUT2D eigenvalue weighted by Gasteiger charge is -2.25. The molecule has 162 valence electrons. The van der Waals surface area contributed by atoms with Crippen LogP contribution in [0.15, 0.2) is 42.5 Å². The van der Waals surface area contributed by atoms with Gasteiger partial charge in [0.15, 0.2) is 0 Å². The highest BCUT2D eigenvalue weighted by atomic mass is 19.1. The highest BCUT2D eigenvalue weighted by molar-refractivity contribution is 6.05. The summed E-state index contributed by atoms with van der Waals surface area (Å²) in [4.78, 5) is 32.2. The summed E-state index contributed by atoms with van der Waals surface area (Å²) in [7, 11) is 0. The van der Waals surface area contributed by atoms with Crippen LogP contribution < -0.4 is 10.6 Å². The van der Waals surface area contributed by atoms with Gasteiger partial charge in [-0.25, -0.2) is 9.37 Å². The molecule has 0 saturated heterocycles. The van der Waals surface area contributed by atoms with Crippen LogP contribution >= 0.6 is 0 Å². The normalized spacial score (nSPS) is 15.7.